The van der Waals surface area contributed by atoms with Crippen molar-refractivity contribution < 1.29 is 48.3 Å². The Kier molecular flexibility index (Phi) is 12.1. The maximum Gasteiger partial charge on any atom is 0.405 e. The molecule has 2 bridgehead atoms. The topological polar surface area (TPSA) is 184 Å². The van der Waals surface area contributed by atoms with Gasteiger partial charge in [0.05, 0.1) is 19.3 Å². The highest BCUT2D eigenvalue weighted by Gasteiger charge is 2.38. The molecular formula is C29H40N2O10. The molecule has 6 atom stereocenters. The van der Waals surface area contributed by atoms with Crippen molar-refractivity contribution in [1.29, 1.82) is 0 Å². The third kappa shape index (κ3) is 8.15. The summed E-state index contributed by atoms with van der Waals surface area (Å²) in [5.74, 6) is -4.51. The number of hydrogen-bond acceptors (Lipinski definition) is 10. The summed E-state index contributed by atoms with van der Waals surface area (Å²) >= 11 is 0. The number of amides is 2. The lowest BCUT2D eigenvalue weighted by Crippen LogP contribution is -2.38. The number of primary amides is 1. The fourth-order valence-electron chi connectivity index (χ4n) is 4.84. The van der Waals surface area contributed by atoms with Crippen molar-refractivity contribution in [3.05, 3.63) is 58.2 Å². The zero-order valence-electron chi connectivity index (χ0n) is 24.4. The maximum absolute atomic E-state index is 12.9. The summed E-state index contributed by atoms with van der Waals surface area (Å²) in [6.45, 7) is 6.76. The number of Topliss-reactive ketones (excluding diaryl/α,β-unsaturated/α-hetero) is 2. The summed E-state index contributed by atoms with van der Waals surface area (Å²) in [6, 6.07) is 0. The lowest BCUT2D eigenvalue weighted by atomic mass is 9.85. The lowest BCUT2D eigenvalue weighted by molar-refractivity contribution is -0.135. The Hall–Kier alpha value is -3.74. The molecule has 0 fully saturated rings. The number of carbonyl (C=O) groups is 4. The number of nitrogens with two attached hydrogens (primary N) is 1. The van der Waals surface area contributed by atoms with Crippen LogP contribution in [0.4, 0.5) is 4.79 Å². The Morgan fingerprint density at radius 2 is 1.73 bits per heavy atom. The molecule has 0 aromatic heterocycles. The van der Waals surface area contributed by atoms with Gasteiger partial charge in [0.2, 0.25) is 0 Å². The highest BCUT2D eigenvalue weighted by Crippen LogP contribution is 2.32. The Morgan fingerprint density at radius 3 is 2.29 bits per heavy atom. The Balaban J connectivity index is 2.67. The van der Waals surface area contributed by atoms with Crippen LogP contribution in [0.3, 0.4) is 0 Å². The Bertz CT molecular complexity index is 1200. The summed E-state index contributed by atoms with van der Waals surface area (Å²) in [4.78, 5) is 50.2. The zero-order chi connectivity index (χ0) is 31.0. The largest absolute Gasteiger partial charge is 0.505 e. The normalized spacial score (nSPS) is 29.1. The van der Waals surface area contributed by atoms with Gasteiger partial charge in [-0.05, 0) is 38.2 Å². The molecule has 226 valence electrons. The van der Waals surface area contributed by atoms with Gasteiger partial charge in [-0.25, -0.2) is 4.79 Å². The number of carbonyl (C=O) groups excluding carboxylic acids is 4. The molecule has 0 aromatic carbocycles. The quantitative estimate of drug-likeness (QED) is 0.220. The molecule has 2 aliphatic rings. The summed E-state index contributed by atoms with van der Waals surface area (Å²) < 4.78 is 21.6. The van der Waals surface area contributed by atoms with E-state index in [2.05, 4.69) is 5.32 Å². The first-order chi connectivity index (χ1) is 19.3. The maximum atomic E-state index is 12.9. The Labute approximate surface area is 239 Å². The van der Waals surface area contributed by atoms with Gasteiger partial charge in [-0.2, -0.15) is 0 Å². The van der Waals surface area contributed by atoms with Crippen LogP contribution in [0.15, 0.2) is 58.2 Å². The van der Waals surface area contributed by atoms with E-state index in [-0.39, 0.29) is 29.2 Å². The van der Waals surface area contributed by atoms with Crippen LogP contribution in [0, 0.1) is 11.8 Å². The molecule has 6 unspecified atom stereocenters. The lowest BCUT2D eigenvalue weighted by Gasteiger charge is -2.30. The summed E-state index contributed by atoms with van der Waals surface area (Å²) in [5, 5.41) is 24.5. The number of methoxy groups -OCH3 is 3. The second-order valence-electron chi connectivity index (χ2n) is 10.2. The molecule has 0 radical (unpaired) electrons. The van der Waals surface area contributed by atoms with Gasteiger partial charge < -0.3 is 40.2 Å². The fraction of sp³-hybridized carbons (Fsp3) is 0.517. The SMILES string of the molecule is COC1=C2CC(C)CC(OC)C(O)C(C)C=C(C)C(OC(N)=O)C(OC)C=CC=C(C)C(=O)NC(=C2O)C(=O)C1=O. The van der Waals surface area contributed by atoms with Crippen molar-refractivity contribution in [2.45, 2.75) is 65.0 Å². The smallest absolute Gasteiger partial charge is 0.405 e. The van der Waals surface area contributed by atoms with Crippen molar-refractivity contribution in [1.82, 2.24) is 5.32 Å². The van der Waals surface area contributed by atoms with Crippen LogP contribution in [0.1, 0.15) is 40.5 Å². The number of ether oxygens (including phenoxy) is 4. The highest BCUT2D eigenvalue weighted by atomic mass is 16.6. The predicted molar refractivity (Wildman–Crippen MR) is 148 cm³/mol. The van der Waals surface area contributed by atoms with Gasteiger partial charge in [-0.3, -0.25) is 14.4 Å². The van der Waals surface area contributed by atoms with Gasteiger partial charge in [0, 0.05) is 31.3 Å². The van der Waals surface area contributed by atoms with Crippen LogP contribution < -0.4 is 11.1 Å². The van der Waals surface area contributed by atoms with Gasteiger partial charge in [-0.15, -0.1) is 0 Å². The van der Waals surface area contributed by atoms with Crippen LogP contribution in [0.25, 0.3) is 0 Å². The molecule has 1 heterocycles. The predicted octanol–water partition coefficient (Wildman–Crippen LogP) is 2.29. The van der Waals surface area contributed by atoms with E-state index in [1.54, 1.807) is 19.9 Å². The molecule has 41 heavy (non-hydrogen) atoms. The van der Waals surface area contributed by atoms with Gasteiger partial charge in [0.15, 0.2) is 11.9 Å². The molecule has 0 saturated heterocycles. The number of allylic oxidation sites excluding steroid dienone is 5. The third-order valence-electron chi connectivity index (χ3n) is 7.08. The first-order valence-electron chi connectivity index (χ1n) is 13.1. The molecule has 0 spiro atoms. The number of hydrogen-bond donors (Lipinski definition) is 4. The number of aliphatic hydroxyl groups is 2. The molecule has 0 aromatic rings. The minimum Gasteiger partial charge on any atom is -0.505 e. The molecule has 0 saturated carbocycles. The van der Waals surface area contributed by atoms with Crippen molar-refractivity contribution in [2.24, 2.45) is 17.6 Å². The average molecular weight is 577 g/mol. The molecule has 2 amide bonds. The average Bonchev–Trinajstić information content (AvgIpc) is 2.92. The molecule has 12 nitrogen and oxygen atoms in total. The van der Waals surface area contributed by atoms with Gasteiger partial charge in [-0.1, -0.05) is 38.2 Å². The van der Waals surface area contributed by atoms with E-state index in [9.17, 15) is 29.4 Å². The number of ketones is 2. The number of fused-ring (bicyclic) bond motifs is 1. The number of rotatable bonds is 4. The van der Waals surface area contributed by atoms with Gasteiger partial charge in [0.25, 0.3) is 17.5 Å². The second kappa shape index (κ2) is 14.8. The Morgan fingerprint density at radius 1 is 1.07 bits per heavy atom. The first-order valence-corrected chi connectivity index (χ1v) is 13.1. The van der Waals surface area contributed by atoms with Crippen molar-refractivity contribution in [3.63, 3.8) is 0 Å². The first kappa shape index (κ1) is 33.5. The van der Waals surface area contributed by atoms with Crippen LogP contribution in [0.5, 0.6) is 0 Å². The van der Waals surface area contributed by atoms with E-state index in [1.165, 1.54) is 46.5 Å². The molecule has 1 aliphatic carbocycles. The molecule has 12 heteroatoms. The van der Waals surface area contributed by atoms with E-state index in [0.29, 0.717) is 12.0 Å². The van der Waals surface area contributed by atoms with Crippen LogP contribution in [0.2, 0.25) is 0 Å². The standard InChI is InChI=1S/C29H40N2O10/c1-14-11-18-23(33)21(24(34)25(35)27(18)40-7)31-28(36)15(2)9-8-10-19(38-5)26(41-29(30)37)17(4)13-16(3)22(32)20(12-14)39-6/h8-10,13-14,16,19-20,22,26,32-33H,11-12H2,1-7H3,(H2,30,37)(H,31,36). The number of nitrogens with one attached hydrogen (secondary N) is 1. The molecular weight excluding hydrogens is 536 g/mol. The van der Waals surface area contributed by atoms with Crippen LogP contribution in [-0.2, 0) is 33.3 Å². The van der Waals surface area contributed by atoms with Crippen molar-refractivity contribution >= 4 is 23.6 Å². The second-order valence-corrected chi connectivity index (χ2v) is 10.2. The van der Waals surface area contributed by atoms with Crippen LogP contribution in [-0.4, -0.2) is 79.5 Å². The molecule has 2 rings (SSSR count). The van der Waals surface area contributed by atoms with E-state index in [0.717, 1.165) is 0 Å². The molecule has 1 aliphatic heterocycles. The van der Waals surface area contributed by atoms with E-state index in [1.807, 2.05) is 6.92 Å². The van der Waals surface area contributed by atoms with Crippen molar-refractivity contribution in [3.8, 4) is 0 Å². The van der Waals surface area contributed by atoms with E-state index >= 15 is 0 Å². The third-order valence-corrected chi connectivity index (χ3v) is 7.08. The number of aliphatic hydroxyl groups excluding tert-OH is 2. The van der Waals surface area contributed by atoms with E-state index < -0.39 is 65.4 Å². The van der Waals surface area contributed by atoms with E-state index in [4.69, 9.17) is 24.7 Å². The molecule has 5 N–H and O–H groups in total. The minimum atomic E-state index is -1.12. The zero-order valence-corrected chi connectivity index (χ0v) is 24.4. The fourth-order valence-corrected chi connectivity index (χ4v) is 4.84. The summed E-state index contributed by atoms with van der Waals surface area (Å²) in [6.07, 6.45) is 2.06. The van der Waals surface area contributed by atoms with Crippen molar-refractivity contribution in [2.75, 3.05) is 21.3 Å². The van der Waals surface area contributed by atoms with Crippen LogP contribution >= 0.6 is 0 Å². The monoisotopic (exact) mass is 576 g/mol. The summed E-state index contributed by atoms with van der Waals surface area (Å²) in [5.41, 5.74) is 5.50. The minimum absolute atomic E-state index is 0.0573. The highest BCUT2D eigenvalue weighted by molar-refractivity contribution is 6.50. The summed E-state index contributed by atoms with van der Waals surface area (Å²) in [7, 11) is 4.07. The van der Waals surface area contributed by atoms with Gasteiger partial charge in [0.1, 0.15) is 17.6 Å². The van der Waals surface area contributed by atoms with Gasteiger partial charge >= 0.3 is 6.09 Å².